The zero-order chi connectivity index (χ0) is 19.8. The Morgan fingerprint density at radius 1 is 1.11 bits per heavy atom. The summed E-state index contributed by atoms with van der Waals surface area (Å²) < 4.78 is 31.9. The molecule has 0 aliphatic carbocycles. The second kappa shape index (κ2) is 7.03. The molecule has 1 N–H and O–H groups in total. The van der Waals surface area contributed by atoms with Gasteiger partial charge in [0.25, 0.3) is 4.87 Å². The van der Waals surface area contributed by atoms with Crippen molar-refractivity contribution in [3.05, 3.63) is 58.6 Å². The normalized spacial score (nSPS) is 19.7. The van der Waals surface area contributed by atoms with Crippen molar-refractivity contribution >= 4 is 50.7 Å². The van der Waals surface area contributed by atoms with Crippen LogP contribution in [0.15, 0.2) is 53.4 Å². The summed E-state index contributed by atoms with van der Waals surface area (Å²) in [5.41, 5.74) is 0.0511. The number of urea groups is 1. The van der Waals surface area contributed by atoms with Gasteiger partial charge in [-0.2, -0.15) is 0 Å². The van der Waals surface area contributed by atoms with E-state index in [9.17, 15) is 18.0 Å². The second-order valence-corrected chi connectivity index (χ2v) is 8.59. The number of nitrogens with one attached hydrogen (secondary N) is 1. The Morgan fingerprint density at radius 3 is 2.30 bits per heavy atom. The predicted molar refractivity (Wildman–Crippen MR) is 101 cm³/mol. The van der Waals surface area contributed by atoms with Gasteiger partial charge in [0.15, 0.2) is 0 Å². The number of para-hydroxylation sites is 1. The monoisotopic (exact) mass is 428 g/mol. The Bertz CT molecular complexity index is 1030. The van der Waals surface area contributed by atoms with Crippen LogP contribution in [-0.2, 0) is 19.4 Å². The highest BCUT2D eigenvalue weighted by Crippen LogP contribution is 2.41. The number of carbonyl (C=O) groups excluding carboxylic acids is 2. The molecule has 1 heterocycles. The molecule has 0 bridgehead atoms. The molecule has 1 aliphatic rings. The van der Waals surface area contributed by atoms with Crippen molar-refractivity contribution in [2.45, 2.75) is 9.77 Å². The molecule has 10 heteroatoms. The van der Waals surface area contributed by atoms with Crippen LogP contribution in [-0.4, -0.2) is 38.9 Å². The molecule has 2 aromatic rings. The molecule has 2 aromatic carbocycles. The first-order chi connectivity index (χ1) is 12.8. The van der Waals surface area contributed by atoms with E-state index in [1.807, 2.05) is 0 Å². The first-order valence-corrected chi connectivity index (χ1v) is 9.91. The van der Waals surface area contributed by atoms with Crippen LogP contribution in [0, 0.1) is 0 Å². The van der Waals surface area contributed by atoms with E-state index in [1.165, 1.54) is 30.3 Å². The van der Waals surface area contributed by atoms with Crippen LogP contribution in [0.5, 0.6) is 0 Å². The molecule has 2 amide bonds. The molecule has 0 radical (unpaired) electrons. The number of anilines is 1. The third-order valence-electron chi connectivity index (χ3n) is 4.21. The van der Waals surface area contributed by atoms with Crippen LogP contribution >= 0.6 is 23.2 Å². The summed E-state index contributed by atoms with van der Waals surface area (Å²) in [5, 5.41) is 2.41. The van der Waals surface area contributed by atoms with E-state index in [4.69, 9.17) is 27.9 Å². The van der Waals surface area contributed by atoms with E-state index in [2.05, 4.69) is 5.32 Å². The number of carbonyl (C=O) groups is 2. The zero-order valence-corrected chi connectivity index (χ0v) is 16.3. The molecule has 0 unspecified atom stereocenters. The van der Waals surface area contributed by atoms with Gasteiger partial charge in [0.2, 0.25) is 9.84 Å². The number of ether oxygens (including phenoxy) is 1. The average molecular weight is 429 g/mol. The van der Waals surface area contributed by atoms with Crippen molar-refractivity contribution in [1.82, 2.24) is 5.32 Å². The maximum Gasteiger partial charge on any atom is 0.350 e. The highest BCUT2D eigenvalue weighted by Gasteiger charge is 2.64. The molecule has 1 aliphatic heterocycles. The van der Waals surface area contributed by atoms with E-state index >= 15 is 0 Å². The summed E-state index contributed by atoms with van der Waals surface area (Å²) in [6, 6.07) is 11.0. The molecule has 1 fully saturated rings. The quantitative estimate of drug-likeness (QED) is 0.755. The van der Waals surface area contributed by atoms with Gasteiger partial charge in [-0.3, -0.25) is 4.90 Å². The minimum Gasteiger partial charge on any atom is -0.466 e. The Labute approximate surface area is 165 Å². The van der Waals surface area contributed by atoms with Crippen LogP contribution < -0.4 is 10.2 Å². The highest BCUT2D eigenvalue weighted by atomic mass is 35.5. The summed E-state index contributed by atoms with van der Waals surface area (Å²) in [6.45, 7) is -0.530. The number of amides is 2. The third-order valence-corrected chi connectivity index (χ3v) is 7.29. The molecular formula is C17H14Cl2N2O5S. The van der Waals surface area contributed by atoms with Crippen LogP contribution in [0.1, 0.15) is 0 Å². The van der Waals surface area contributed by atoms with Gasteiger partial charge in [-0.05, 0) is 24.3 Å². The number of esters is 1. The summed E-state index contributed by atoms with van der Waals surface area (Å²) >= 11 is 12.3. The first-order valence-electron chi connectivity index (χ1n) is 7.67. The fraction of sp³-hybridized carbons (Fsp3) is 0.176. The van der Waals surface area contributed by atoms with Crippen molar-refractivity contribution in [1.29, 1.82) is 0 Å². The molecular weight excluding hydrogens is 415 g/mol. The summed E-state index contributed by atoms with van der Waals surface area (Å²) in [6.07, 6.45) is 0. The Morgan fingerprint density at radius 2 is 1.70 bits per heavy atom. The van der Waals surface area contributed by atoms with E-state index in [0.29, 0.717) is 0 Å². The van der Waals surface area contributed by atoms with Gasteiger partial charge in [0.1, 0.15) is 0 Å². The van der Waals surface area contributed by atoms with E-state index in [-0.39, 0.29) is 20.6 Å². The van der Waals surface area contributed by atoms with Crippen molar-refractivity contribution < 1.29 is 22.7 Å². The van der Waals surface area contributed by atoms with Crippen LogP contribution in [0.2, 0.25) is 10.0 Å². The number of benzene rings is 2. The largest absolute Gasteiger partial charge is 0.466 e. The zero-order valence-electron chi connectivity index (χ0n) is 14.0. The van der Waals surface area contributed by atoms with Crippen molar-refractivity contribution in [2.24, 2.45) is 0 Å². The van der Waals surface area contributed by atoms with Gasteiger partial charge in [-0.25, -0.2) is 18.0 Å². The number of hydrogen-bond acceptors (Lipinski definition) is 5. The molecule has 1 atom stereocenters. The topological polar surface area (TPSA) is 92.8 Å². The lowest BCUT2D eigenvalue weighted by Gasteiger charge is -2.34. The number of sulfone groups is 1. The second-order valence-electron chi connectivity index (χ2n) is 5.66. The molecule has 142 valence electrons. The molecule has 7 nitrogen and oxygen atoms in total. The molecule has 0 spiro atoms. The minimum atomic E-state index is -4.51. The van der Waals surface area contributed by atoms with Crippen molar-refractivity contribution in [2.75, 3.05) is 18.6 Å². The molecule has 0 aromatic heterocycles. The van der Waals surface area contributed by atoms with Gasteiger partial charge >= 0.3 is 12.0 Å². The Kier molecular flexibility index (Phi) is 5.07. The lowest BCUT2D eigenvalue weighted by molar-refractivity contribution is -0.143. The average Bonchev–Trinajstić information content (AvgIpc) is 3.00. The molecule has 0 saturated carbocycles. The fourth-order valence-electron chi connectivity index (χ4n) is 2.95. The third kappa shape index (κ3) is 2.84. The van der Waals surface area contributed by atoms with Gasteiger partial charge in [0.05, 0.1) is 34.3 Å². The maximum absolute atomic E-state index is 13.6. The van der Waals surface area contributed by atoms with Gasteiger partial charge in [-0.15, -0.1) is 0 Å². The number of methoxy groups -OCH3 is 1. The standard InChI is InChI=1S/C17H14Cl2N2O5S/c1-26-15(22)17(27(24,25)14-9-5-3-7-12(14)19)10-20-16(23)21(17)13-8-4-2-6-11(13)18/h2-9H,10H2,1H3,(H,20,23)/t17-/m0/s1. The summed E-state index contributed by atoms with van der Waals surface area (Å²) in [4.78, 5) is 23.5. The lowest BCUT2D eigenvalue weighted by Crippen LogP contribution is -2.60. The molecule has 27 heavy (non-hydrogen) atoms. The van der Waals surface area contributed by atoms with Gasteiger partial charge in [-0.1, -0.05) is 47.5 Å². The highest BCUT2D eigenvalue weighted by molar-refractivity contribution is 7.94. The summed E-state index contributed by atoms with van der Waals surface area (Å²) in [7, 11) is -3.47. The predicted octanol–water partition coefficient (Wildman–Crippen LogP) is 2.87. The molecule has 1 saturated heterocycles. The SMILES string of the molecule is COC(=O)[C@@]1(S(=O)(=O)c2ccccc2Cl)CNC(=O)N1c1ccccc1Cl. The lowest BCUT2D eigenvalue weighted by atomic mass is 10.2. The van der Waals surface area contributed by atoms with E-state index < -0.39 is 33.3 Å². The fourth-order valence-corrected chi connectivity index (χ4v) is 5.54. The minimum absolute atomic E-state index is 0.0511. The molecule has 3 rings (SSSR count). The Balaban J connectivity index is 2.34. The van der Waals surface area contributed by atoms with Crippen LogP contribution in [0.25, 0.3) is 0 Å². The van der Waals surface area contributed by atoms with E-state index in [0.717, 1.165) is 12.0 Å². The Hall–Kier alpha value is -2.29. The number of halogens is 2. The summed E-state index contributed by atoms with van der Waals surface area (Å²) in [5.74, 6) is -1.14. The van der Waals surface area contributed by atoms with Crippen LogP contribution in [0.4, 0.5) is 10.5 Å². The maximum atomic E-state index is 13.6. The van der Waals surface area contributed by atoms with Crippen molar-refractivity contribution in [3.8, 4) is 0 Å². The number of nitrogens with zero attached hydrogens (tertiary/aromatic N) is 1. The van der Waals surface area contributed by atoms with Crippen molar-refractivity contribution in [3.63, 3.8) is 0 Å². The number of hydrogen-bond donors (Lipinski definition) is 1. The van der Waals surface area contributed by atoms with Crippen LogP contribution in [0.3, 0.4) is 0 Å². The number of rotatable bonds is 4. The van der Waals surface area contributed by atoms with E-state index in [1.54, 1.807) is 18.2 Å². The van der Waals surface area contributed by atoms with Gasteiger partial charge < -0.3 is 10.1 Å². The van der Waals surface area contributed by atoms with Gasteiger partial charge in [0, 0.05) is 0 Å². The first kappa shape index (κ1) is 19.5. The smallest absolute Gasteiger partial charge is 0.350 e.